The van der Waals surface area contributed by atoms with E-state index in [2.05, 4.69) is 34.5 Å². The Balaban J connectivity index is 2.71. The molecule has 68 valence electrons. The number of aromatic amines is 1. The van der Waals surface area contributed by atoms with Crippen LogP contribution in [0.15, 0.2) is 24.4 Å². The molecule has 1 N–H and O–H groups in total. The van der Waals surface area contributed by atoms with Gasteiger partial charge in [-0.25, -0.2) is 4.39 Å². The largest absolute Gasteiger partial charge is 0.361 e. The fraction of sp³-hybridized carbons (Fsp3) is 0.200. The zero-order chi connectivity index (χ0) is 9.42. The van der Waals surface area contributed by atoms with Crippen LogP contribution in [0.1, 0.15) is 16.4 Å². The van der Waals surface area contributed by atoms with Crippen LogP contribution in [0.4, 0.5) is 4.39 Å². The Bertz CT molecular complexity index is 433. The number of alkyl halides is 1. The summed E-state index contributed by atoms with van der Waals surface area (Å²) in [6.45, 7) is 2.09. The van der Waals surface area contributed by atoms with Gasteiger partial charge in [0.15, 0.2) is 0 Å². The summed E-state index contributed by atoms with van der Waals surface area (Å²) in [6, 6.07) is 4.82. The second kappa shape index (κ2) is 3.29. The lowest BCUT2D eigenvalue weighted by Crippen LogP contribution is -1.80. The first-order chi connectivity index (χ1) is 6.18. The highest BCUT2D eigenvalue weighted by Gasteiger charge is 2.08. The van der Waals surface area contributed by atoms with E-state index in [1.807, 2.05) is 6.20 Å². The fourth-order valence-electron chi connectivity index (χ4n) is 1.44. The van der Waals surface area contributed by atoms with Gasteiger partial charge in [0.05, 0.1) is 0 Å². The summed E-state index contributed by atoms with van der Waals surface area (Å²) in [6.07, 6.45) is 1.95. The van der Waals surface area contributed by atoms with Crippen molar-refractivity contribution in [2.45, 2.75) is 10.8 Å². The van der Waals surface area contributed by atoms with Crippen molar-refractivity contribution in [1.82, 2.24) is 4.98 Å². The van der Waals surface area contributed by atoms with Crippen LogP contribution in [0.5, 0.6) is 0 Å². The van der Waals surface area contributed by atoms with Gasteiger partial charge in [0.25, 0.3) is 0 Å². The van der Waals surface area contributed by atoms with E-state index < -0.39 is 0 Å². The van der Waals surface area contributed by atoms with Crippen LogP contribution in [0.3, 0.4) is 0 Å². The summed E-state index contributed by atoms with van der Waals surface area (Å²) in [4.78, 5) is 3.13. The maximum absolute atomic E-state index is 12.9. The number of halogens is 2. The summed E-state index contributed by atoms with van der Waals surface area (Å²) >= 11 is 2.32. The van der Waals surface area contributed by atoms with Crippen molar-refractivity contribution in [3.63, 3.8) is 0 Å². The first-order valence-corrected chi connectivity index (χ1v) is 5.33. The second-order valence-corrected chi connectivity index (χ2v) is 4.92. The zero-order valence-electron chi connectivity index (χ0n) is 7.14. The molecule has 3 heteroatoms. The molecule has 0 bridgehead atoms. The van der Waals surface area contributed by atoms with Crippen LogP contribution in [0, 0.1) is 5.82 Å². The maximum Gasteiger partial charge on any atom is 0.123 e. The number of benzene rings is 1. The summed E-state index contributed by atoms with van der Waals surface area (Å²) < 4.78 is 13.3. The van der Waals surface area contributed by atoms with Gasteiger partial charge in [-0.15, -0.1) is 0 Å². The molecule has 2 aromatic rings. The van der Waals surface area contributed by atoms with E-state index in [9.17, 15) is 4.39 Å². The third-order valence-corrected chi connectivity index (χ3v) is 2.78. The SMILES string of the molecule is CC(I)c1c[nH]c2ccc(F)cc12. The molecule has 0 saturated heterocycles. The van der Waals surface area contributed by atoms with Gasteiger partial charge >= 0.3 is 0 Å². The van der Waals surface area contributed by atoms with Crippen molar-refractivity contribution in [2.24, 2.45) is 0 Å². The summed E-state index contributed by atoms with van der Waals surface area (Å²) in [5.41, 5.74) is 2.16. The minimum atomic E-state index is -0.176. The van der Waals surface area contributed by atoms with Crippen molar-refractivity contribution in [3.05, 3.63) is 35.8 Å². The molecule has 2 rings (SSSR count). The Labute approximate surface area is 89.5 Å². The average Bonchev–Trinajstić information content (AvgIpc) is 2.46. The molecule has 0 saturated carbocycles. The van der Waals surface area contributed by atoms with Crippen LogP contribution in [0.2, 0.25) is 0 Å². The molecular weight excluding hydrogens is 280 g/mol. The van der Waals surface area contributed by atoms with Gasteiger partial charge in [0, 0.05) is 21.0 Å². The highest BCUT2D eigenvalue weighted by molar-refractivity contribution is 14.1. The highest BCUT2D eigenvalue weighted by Crippen LogP contribution is 2.29. The molecule has 0 aliphatic heterocycles. The predicted octanol–water partition coefficient (Wildman–Crippen LogP) is 3.80. The first-order valence-electron chi connectivity index (χ1n) is 4.09. The Morgan fingerprint density at radius 3 is 2.92 bits per heavy atom. The van der Waals surface area contributed by atoms with Crippen LogP contribution in [-0.4, -0.2) is 4.98 Å². The van der Waals surface area contributed by atoms with E-state index >= 15 is 0 Å². The van der Waals surface area contributed by atoms with Crippen molar-refractivity contribution >= 4 is 33.5 Å². The average molecular weight is 289 g/mol. The van der Waals surface area contributed by atoms with Crippen LogP contribution < -0.4 is 0 Å². The van der Waals surface area contributed by atoms with E-state index in [0.29, 0.717) is 3.92 Å². The smallest absolute Gasteiger partial charge is 0.123 e. The third kappa shape index (κ3) is 1.57. The number of nitrogens with one attached hydrogen (secondary N) is 1. The standard InChI is InChI=1S/C10H9FIN/c1-6(12)9-5-13-10-3-2-7(11)4-8(9)10/h2-6,13H,1H3. The molecule has 0 aliphatic carbocycles. The molecule has 1 unspecified atom stereocenters. The predicted molar refractivity (Wildman–Crippen MR) is 60.7 cm³/mol. The number of rotatable bonds is 1. The number of fused-ring (bicyclic) bond motifs is 1. The molecule has 1 atom stereocenters. The van der Waals surface area contributed by atoms with Gasteiger partial charge in [-0.2, -0.15) is 0 Å². The lowest BCUT2D eigenvalue weighted by Gasteiger charge is -1.99. The quantitative estimate of drug-likeness (QED) is 0.607. The Morgan fingerprint density at radius 2 is 2.23 bits per heavy atom. The number of hydrogen-bond acceptors (Lipinski definition) is 0. The van der Waals surface area contributed by atoms with E-state index in [1.165, 1.54) is 6.07 Å². The fourth-order valence-corrected chi connectivity index (χ4v) is 1.96. The van der Waals surface area contributed by atoms with Crippen LogP contribution in [-0.2, 0) is 0 Å². The molecule has 0 amide bonds. The molecule has 0 aliphatic rings. The van der Waals surface area contributed by atoms with Gasteiger partial charge in [0.2, 0.25) is 0 Å². The van der Waals surface area contributed by atoms with Crippen LogP contribution in [0.25, 0.3) is 10.9 Å². The monoisotopic (exact) mass is 289 g/mol. The summed E-state index contributed by atoms with van der Waals surface area (Å²) in [5, 5.41) is 0.988. The molecule has 1 aromatic carbocycles. The highest BCUT2D eigenvalue weighted by atomic mass is 127. The van der Waals surface area contributed by atoms with Gasteiger partial charge < -0.3 is 4.98 Å². The summed E-state index contributed by atoms with van der Waals surface area (Å²) in [7, 11) is 0. The maximum atomic E-state index is 12.9. The second-order valence-electron chi connectivity index (χ2n) is 3.05. The van der Waals surface area contributed by atoms with E-state index in [0.717, 1.165) is 16.5 Å². The molecular formula is C10H9FIN. The topological polar surface area (TPSA) is 15.8 Å². The lowest BCUT2D eigenvalue weighted by molar-refractivity contribution is 0.629. The zero-order valence-corrected chi connectivity index (χ0v) is 9.30. The molecule has 13 heavy (non-hydrogen) atoms. The number of hydrogen-bond donors (Lipinski definition) is 1. The van der Waals surface area contributed by atoms with Crippen molar-refractivity contribution in [1.29, 1.82) is 0 Å². The van der Waals surface area contributed by atoms with E-state index in [4.69, 9.17) is 0 Å². The molecule has 0 fully saturated rings. The van der Waals surface area contributed by atoms with Crippen LogP contribution >= 0.6 is 22.6 Å². The summed E-state index contributed by atoms with van der Waals surface area (Å²) in [5.74, 6) is -0.176. The first kappa shape index (κ1) is 8.99. The van der Waals surface area contributed by atoms with Gasteiger partial charge in [0.1, 0.15) is 5.82 Å². The Morgan fingerprint density at radius 1 is 1.46 bits per heavy atom. The van der Waals surface area contributed by atoms with E-state index in [-0.39, 0.29) is 5.82 Å². The van der Waals surface area contributed by atoms with Crippen molar-refractivity contribution in [2.75, 3.05) is 0 Å². The third-order valence-electron chi connectivity index (χ3n) is 2.10. The van der Waals surface area contributed by atoms with Gasteiger partial charge in [-0.05, 0) is 30.7 Å². The Hall–Kier alpha value is -0.580. The minimum Gasteiger partial charge on any atom is -0.361 e. The van der Waals surface area contributed by atoms with Gasteiger partial charge in [-0.1, -0.05) is 22.6 Å². The molecule has 0 radical (unpaired) electrons. The minimum absolute atomic E-state index is 0.176. The van der Waals surface area contributed by atoms with E-state index in [1.54, 1.807) is 12.1 Å². The number of H-pyrrole nitrogens is 1. The Kier molecular flexibility index (Phi) is 2.27. The van der Waals surface area contributed by atoms with Crippen molar-refractivity contribution < 1.29 is 4.39 Å². The molecule has 0 spiro atoms. The number of aromatic nitrogens is 1. The lowest BCUT2D eigenvalue weighted by atomic mass is 10.1. The van der Waals surface area contributed by atoms with Gasteiger partial charge in [-0.3, -0.25) is 0 Å². The normalized spacial score (nSPS) is 13.5. The molecule has 1 aromatic heterocycles. The molecule has 1 heterocycles. The van der Waals surface area contributed by atoms with Crippen molar-refractivity contribution in [3.8, 4) is 0 Å². The molecule has 1 nitrogen and oxygen atoms in total.